The third kappa shape index (κ3) is 4.32. The number of rotatable bonds is 4. The van der Waals surface area contributed by atoms with Crippen molar-refractivity contribution in [3.8, 4) is 12.3 Å². The van der Waals surface area contributed by atoms with Gasteiger partial charge >= 0.3 is 0 Å². The van der Waals surface area contributed by atoms with Crippen LogP contribution in [0.1, 0.15) is 22.3 Å². The smallest absolute Gasteiger partial charge is 0.254 e. The fourth-order valence-corrected chi connectivity index (χ4v) is 2.41. The Balaban J connectivity index is 2.00. The van der Waals surface area contributed by atoms with E-state index in [1.807, 2.05) is 37.2 Å². The van der Waals surface area contributed by atoms with E-state index >= 15 is 0 Å². The predicted octanol–water partition coefficient (Wildman–Crippen LogP) is 1.46. The van der Waals surface area contributed by atoms with E-state index in [9.17, 15) is 4.79 Å². The first kappa shape index (κ1) is 15.6. The van der Waals surface area contributed by atoms with Gasteiger partial charge in [0.05, 0.1) is 12.7 Å². The van der Waals surface area contributed by atoms with Gasteiger partial charge < -0.3 is 14.5 Å². The molecule has 0 aliphatic carbocycles. The second kappa shape index (κ2) is 7.26. The molecule has 0 aromatic heterocycles. The Morgan fingerprint density at radius 1 is 1.52 bits per heavy atom. The maximum Gasteiger partial charge on any atom is 0.254 e. The van der Waals surface area contributed by atoms with Crippen LogP contribution < -0.4 is 0 Å². The normalized spacial score (nSPS) is 18.6. The van der Waals surface area contributed by atoms with Gasteiger partial charge in [-0.2, -0.15) is 0 Å². The van der Waals surface area contributed by atoms with Crippen molar-refractivity contribution >= 4 is 5.91 Å². The summed E-state index contributed by atoms with van der Waals surface area (Å²) in [5.74, 6) is 2.60. The minimum Gasteiger partial charge on any atom is -0.374 e. The van der Waals surface area contributed by atoms with Gasteiger partial charge in [-0.15, -0.1) is 6.42 Å². The monoisotopic (exact) mass is 286 g/mol. The Morgan fingerprint density at radius 2 is 2.33 bits per heavy atom. The molecule has 112 valence electrons. The number of amides is 1. The van der Waals surface area contributed by atoms with E-state index in [0.717, 1.165) is 18.5 Å². The lowest BCUT2D eigenvalue weighted by Crippen LogP contribution is -2.46. The largest absolute Gasteiger partial charge is 0.374 e. The van der Waals surface area contributed by atoms with Gasteiger partial charge in [0.25, 0.3) is 5.91 Å². The Kier molecular flexibility index (Phi) is 5.38. The van der Waals surface area contributed by atoms with Crippen LogP contribution in [0, 0.1) is 12.3 Å². The van der Waals surface area contributed by atoms with Gasteiger partial charge in [0.1, 0.15) is 0 Å². The molecule has 0 N–H and O–H groups in total. The molecular formula is C17H22N2O2. The molecule has 2 rings (SSSR count). The van der Waals surface area contributed by atoms with Gasteiger partial charge in [0, 0.05) is 30.8 Å². The summed E-state index contributed by atoms with van der Waals surface area (Å²) in [7, 11) is 4.08. The van der Waals surface area contributed by atoms with Gasteiger partial charge in [-0.1, -0.05) is 12.0 Å². The SMILES string of the molecule is C#Cc1cccc(C(=O)N2CCOC(CCN(C)C)C2)c1. The molecule has 21 heavy (non-hydrogen) atoms. The number of hydrogen-bond donors (Lipinski definition) is 0. The number of benzene rings is 1. The molecule has 1 aliphatic rings. The van der Waals surface area contributed by atoms with Crippen molar-refractivity contribution in [2.24, 2.45) is 0 Å². The van der Waals surface area contributed by atoms with E-state index in [-0.39, 0.29) is 12.0 Å². The standard InChI is InChI=1S/C17H22N2O2/c1-4-14-6-5-7-15(12-14)17(20)19-10-11-21-16(13-19)8-9-18(2)3/h1,5-7,12,16H,8-11,13H2,2-3H3. The van der Waals surface area contributed by atoms with E-state index < -0.39 is 0 Å². The summed E-state index contributed by atoms with van der Waals surface area (Å²) in [6.45, 7) is 2.84. The zero-order valence-electron chi connectivity index (χ0n) is 12.7. The van der Waals surface area contributed by atoms with Crippen molar-refractivity contribution in [1.82, 2.24) is 9.80 Å². The Hall–Kier alpha value is -1.83. The van der Waals surface area contributed by atoms with Crippen LogP contribution in [-0.4, -0.2) is 62.1 Å². The third-order valence-electron chi connectivity index (χ3n) is 3.60. The predicted molar refractivity (Wildman–Crippen MR) is 83.2 cm³/mol. The number of morpholine rings is 1. The van der Waals surface area contributed by atoms with Crippen LogP contribution in [0.15, 0.2) is 24.3 Å². The number of carbonyl (C=O) groups is 1. The molecule has 1 aliphatic heterocycles. The van der Waals surface area contributed by atoms with Crippen LogP contribution in [0.2, 0.25) is 0 Å². The summed E-state index contributed by atoms with van der Waals surface area (Å²) in [5.41, 5.74) is 1.39. The quantitative estimate of drug-likeness (QED) is 0.786. The van der Waals surface area contributed by atoms with Crippen molar-refractivity contribution in [3.63, 3.8) is 0 Å². The lowest BCUT2D eigenvalue weighted by molar-refractivity contribution is -0.0269. The first-order valence-corrected chi connectivity index (χ1v) is 7.22. The second-order valence-electron chi connectivity index (χ2n) is 5.56. The number of carbonyl (C=O) groups excluding carboxylic acids is 1. The first-order valence-electron chi connectivity index (χ1n) is 7.22. The number of hydrogen-bond acceptors (Lipinski definition) is 3. The highest BCUT2D eigenvalue weighted by Crippen LogP contribution is 2.14. The molecule has 1 aromatic carbocycles. The Morgan fingerprint density at radius 3 is 3.05 bits per heavy atom. The highest BCUT2D eigenvalue weighted by molar-refractivity contribution is 5.94. The van der Waals surface area contributed by atoms with Crippen molar-refractivity contribution in [3.05, 3.63) is 35.4 Å². The Bertz CT molecular complexity index is 534. The van der Waals surface area contributed by atoms with Crippen LogP contribution in [-0.2, 0) is 4.74 Å². The van der Waals surface area contributed by atoms with E-state index in [2.05, 4.69) is 10.8 Å². The minimum atomic E-state index is 0.0326. The highest BCUT2D eigenvalue weighted by Gasteiger charge is 2.25. The molecule has 1 aromatic rings. The van der Waals surface area contributed by atoms with Gasteiger partial charge in [0.15, 0.2) is 0 Å². The minimum absolute atomic E-state index is 0.0326. The fraction of sp³-hybridized carbons (Fsp3) is 0.471. The molecule has 4 heteroatoms. The van der Waals surface area contributed by atoms with E-state index in [4.69, 9.17) is 11.2 Å². The molecule has 1 atom stereocenters. The molecule has 0 radical (unpaired) electrons. The summed E-state index contributed by atoms with van der Waals surface area (Å²) in [4.78, 5) is 16.5. The molecule has 1 fully saturated rings. The molecular weight excluding hydrogens is 264 g/mol. The molecule has 0 spiro atoms. The van der Waals surface area contributed by atoms with Crippen LogP contribution in [0.25, 0.3) is 0 Å². The lowest BCUT2D eigenvalue weighted by atomic mass is 10.1. The second-order valence-corrected chi connectivity index (χ2v) is 5.56. The fourth-order valence-electron chi connectivity index (χ4n) is 2.41. The average molecular weight is 286 g/mol. The van der Waals surface area contributed by atoms with Crippen LogP contribution in [0.3, 0.4) is 0 Å². The summed E-state index contributed by atoms with van der Waals surface area (Å²) >= 11 is 0. The molecule has 0 bridgehead atoms. The maximum absolute atomic E-state index is 12.5. The lowest BCUT2D eigenvalue weighted by Gasteiger charge is -2.33. The van der Waals surface area contributed by atoms with Gasteiger partial charge in [-0.3, -0.25) is 4.79 Å². The number of terminal acetylenes is 1. The van der Waals surface area contributed by atoms with Crippen molar-refractivity contribution < 1.29 is 9.53 Å². The highest BCUT2D eigenvalue weighted by atomic mass is 16.5. The third-order valence-corrected chi connectivity index (χ3v) is 3.60. The van der Waals surface area contributed by atoms with Crippen molar-refractivity contribution in [1.29, 1.82) is 0 Å². The topological polar surface area (TPSA) is 32.8 Å². The zero-order chi connectivity index (χ0) is 15.2. The zero-order valence-corrected chi connectivity index (χ0v) is 12.7. The first-order chi connectivity index (χ1) is 10.1. The number of ether oxygens (including phenoxy) is 1. The maximum atomic E-state index is 12.5. The van der Waals surface area contributed by atoms with E-state index in [1.165, 1.54) is 0 Å². The van der Waals surface area contributed by atoms with Gasteiger partial charge in [-0.05, 0) is 38.7 Å². The molecule has 1 amide bonds. The molecule has 1 saturated heterocycles. The average Bonchev–Trinajstić information content (AvgIpc) is 2.52. The van der Waals surface area contributed by atoms with E-state index in [1.54, 1.807) is 6.07 Å². The molecule has 1 unspecified atom stereocenters. The van der Waals surface area contributed by atoms with Crippen molar-refractivity contribution in [2.45, 2.75) is 12.5 Å². The Labute approximate surface area is 126 Å². The summed E-state index contributed by atoms with van der Waals surface area (Å²) < 4.78 is 5.74. The van der Waals surface area contributed by atoms with Crippen LogP contribution in [0.4, 0.5) is 0 Å². The van der Waals surface area contributed by atoms with Crippen molar-refractivity contribution in [2.75, 3.05) is 40.3 Å². The molecule has 0 saturated carbocycles. The van der Waals surface area contributed by atoms with Gasteiger partial charge in [0.2, 0.25) is 0 Å². The van der Waals surface area contributed by atoms with Crippen LogP contribution in [0.5, 0.6) is 0 Å². The number of nitrogens with zero attached hydrogens (tertiary/aromatic N) is 2. The van der Waals surface area contributed by atoms with E-state index in [0.29, 0.717) is 25.3 Å². The van der Waals surface area contributed by atoms with Crippen LogP contribution >= 0.6 is 0 Å². The summed E-state index contributed by atoms with van der Waals surface area (Å²) in [6, 6.07) is 7.24. The summed E-state index contributed by atoms with van der Waals surface area (Å²) in [5, 5.41) is 0. The van der Waals surface area contributed by atoms with Gasteiger partial charge in [-0.25, -0.2) is 0 Å². The molecule has 4 nitrogen and oxygen atoms in total. The molecule has 1 heterocycles. The summed E-state index contributed by atoms with van der Waals surface area (Å²) in [6.07, 6.45) is 6.43.